The molecule has 2 N–H and O–H groups in total. The minimum Gasteiger partial charge on any atom is -0.421 e. The number of aromatic nitrogens is 5. The van der Waals surface area contributed by atoms with Crippen LogP contribution in [0.3, 0.4) is 0 Å². The highest BCUT2D eigenvalue weighted by Crippen LogP contribution is 2.46. The number of ether oxygens (including phenoxy) is 1. The summed E-state index contributed by atoms with van der Waals surface area (Å²) in [7, 11) is 1.91. The number of rotatable bonds is 5. The molecule has 2 aromatic carbocycles. The maximum atomic E-state index is 16.0. The first-order valence-electron chi connectivity index (χ1n) is 11.8. The van der Waals surface area contributed by atoms with E-state index in [1.807, 2.05) is 48.9 Å². The molecule has 0 unspecified atom stereocenters. The maximum Gasteiger partial charge on any atom is 0.322 e. The van der Waals surface area contributed by atoms with Crippen molar-refractivity contribution in [1.29, 1.82) is 0 Å². The van der Waals surface area contributed by atoms with E-state index in [0.717, 1.165) is 22.2 Å². The second-order valence-corrected chi connectivity index (χ2v) is 8.81. The van der Waals surface area contributed by atoms with E-state index in [4.69, 9.17) is 4.74 Å². The maximum absolute atomic E-state index is 16.0. The molecule has 0 spiro atoms. The van der Waals surface area contributed by atoms with Crippen molar-refractivity contribution in [1.82, 2.24) is 24.5 Å². The molecule has 0 aliphatic carbocycles. The van der Waals surface area contributed by atoms with Crippen LogP contribution < -0.4 is 15.4 Å². The van der Waals surface area contributed by atoms with Crippen molar-refractivity contribution in [2.75, 3.05) is 10.6 Å². The van der Waals surface area contributed by atoms with Crippen LogP contribution >= 0.6 is 0 Å². The molecule has 0 radical (unpaired) electrons. The number of fused-ring (bicyclic) bond motifs is 2. The molecule has 0 saturated carbocycles. The van der Waals surface area contributed by atoms with Gasteiger partial charge in [-0.1, -0.05) is 24.8 Å². The fraction of sp³-hybridized carbons (Fsp3) is 0.107. The molecule has 188 valence electrons. The molecule has 6 rings (SSSR count). The lowest BCUT2D eigenvalue weighted by Gasteiger charge is -2.15. The molecule has 5 aromatic rings. The number of halogens is 1. The second-order valence-electron chi connectivity index (χ2n) is 8.81. The first-order chi connectivity index (χ1) is 18.4. The molecule has 9 nitrogen and oxygen atoms in total. The van der Waals surface area contributed by atoms with Gasteiger partial charge < -0.3 is 19.9 Å². The Bertz CT molecular complexity index is 1750. The molecule has 1 aliphatic rings. The van der Waals surface area contributed by atoms with Gasteiger partial charge in [0.05, 0.1) is 11.1 Å². The standard InChI is InChI=1S/C28H22FN7O2/c1-4-21(37)35-17-7-5-16(6-8-17)25-22-18-9-10-20(38-28-30-12-11-15(2)34-28)24(29)19(18)13-31-26-23(22)27(36(25)3)33-14-32-26/h4-12,14H,1,13H2,2-3H3,(H,35,37)(H,31,32,33). The van der Waals surface area contributed by atoms with E-state index in [1.54, 1.807) is 18.3 Å². The number of amides is 1. The zero-order valence-electron chi connectivity index (χ0n) is 20.6. The van der Waals surface area contributed by atoms with Gasteiger partial charge in [0, 0.05) is 42.3 Å². The van der Waals surface area contributed by atoms with Crippen LogP contribution in [0.1, 0.15) is 11.3 Å². The number of anilines is 2. The van der Waals surface area contributed by atoms with Crippen LogP contribution in [-0.4, -0.2) is 30.4 Å². The molecule has 0 bridgehead atoms. The zero-order chi connectivity index (χ0) is 26.4. The van der Waals surface area contributed by atoms with Gasteiger partial charge in [0.2, 0.25) is 5.91 Å². The van der Waals surface area contributed by atoms with Gasteiger partial charge in [0.25, 0.3) is 0 Å². The van der Waals surface area contributed by atoms with E-state index in [1.165, 1.54) is 12.4 Å². The summed E-state index contributed by atoms with van der Waals surface area (Å²) in [5, 5.41) is 6.82. The highest BCUT2D eigenvalue weighted by Gasteiger charge is 2.29. The normalized spacial score (nSPS) is 11.9. The van der Waals surface area contributed by atoms with Crippen LogP contribution in [0.25, 0.3) is 33.4 Å². The molecule has 0 fully saturated rings. The Balaban J connectivity index is 1.52. The van der Waals surface area contributed by atoms with Crippen molar-refractivity contribution in [2.24, 2.45) is 7.05 Å². The Morgan fingerprint density at radius 1 is 1.16 bits per heavy atom. The number of nitrogens with zero attached hydrogens (tertiary/aromatic N) is 5. The van der Waals surface area contributed by atoms with E-state index in [2.05, 4.69) is 37.1 Å². The average Bonchev–Trinajstić information content (AvgIpc) is 3.11. The van der Waals surface area contributed by atoms with Gasteiger partial charge >= 0.3 is 6.01 Å². The first-order valence-corrected chi connectivity index (χ1v) is 11.8. The van der Waals surface area contributed by atoms with Crippen molar-refractivity contribution in [3.05, 3.63) is 84.7 Å². The van der Waals surface area contributed by atoms with E-state index >= 15 is 4.39 Å². The number of benzene rings is 2. The van der Waals surface area contributed by atoms with Crippen LogP contribution in [0, 0.1) is 12.7 Å². The highest BCUT2D eigenvalue weighted by molar-refractivity contribution is 6.09. The molecule has 4 heterocycles. The Morgan fingerprint density at radius 2 is 1.97 bits per heavy atom. The van der Waals surface area contributed by atoms with Crippen LogP contribution in [0.2, 0.25) is 0 Å². The number of carbonyl (C=O) groups excluding carboxylic acids is 1. The number of hydrogen-bond acceptors (Lipinski definition) is 7. The molecular weight excluding hydrogens is 485 g/mol. The number of nitrogens with one attached hydrogen (secondary N) is 2. The second kappa shape index (κ2) is 9.07. The Morgan fingerprint density at radius 3 is 2.74 bits per heavy atom. The Hall–Kier alpha value is -5.12. The predicted molar refractivity (Wildman–Crippen MR) is 142 cm³/mol. The van der Waals surface area contributed by atoms with Crippen LogP contribution in [0.5, 0.6) is 11.8 Å². The molecule has 0 saturated heterocycles. The van der Waals surface area contributed by atoms with Crippen LogP contribution in [0.4, 0.5) is 15.9 Å². The molecule has 1 aliphatic heterocycles. The van der Waals surface area contributed by atoms with E-state index in [9.17, 15) is 4.79 Å². The molecule has 38 heavy (non-hydrogen) atoms. The molecule has 1 amide bonds. The number of hydrogen-bond donors (Lipinski definition) is 2. The quantitative estimate of drug-likeness (QED) is 0.308. The first kappa shape index (κ1) is 23.3. The van der Waals surface area contributed by atoms with Crippen molar-refractivity contribution in [3.8, 4) is 34.1 Å². The minimum atomic E-state index is -0.508. The summed E-state index contributed by atoms with van der Waals surface area (Å²) in [5.41, 5.74) is 5.69. The topological polar surface area (TPSA) is 107 Å². The highest BCUT2D eigenvalue weighted by atomic mass is 19.1. The van der Waals surface area contributed by atoms with Gasteiger partial charge in [0.1, 0.15) is 17.8 Å². The lowest BCUT2D eigenvalue weighted by atomic mass is 9.95. The third-order valence-electron chi connectivity index (χ3n) is 6.46. The van der Waals surface area contributed by atoms with Crippen molar-refractivity contribution in [2.45, 2.75) is 13.5 Å². The average molecular weight is 508 g/mol. The monoisotopic (exact) mass is 507 g/mol. The van der Waals surface area contributed by atoms with Crippen LogP contribution in [-0.2, 0) is 18.4 Å². The van der Waals surface area contributed by atoms with E-state index in [-0.39, 0.29) is 24.2 Å². The summed E-state index contributed by atoms with van der Waals surface area (Å²) in [5.74, 6) is -0.157. The third-order valence-corrected chi connectivity index (χ3v) is 6.46. The molecular formula is C28H22FN7O2. The van der Waals surface area contributed by atoms with Gasteiger partial charge in [-0.25, -0.2) is 24.3 Å². The van der Waals surface area contributed by atoms with Gasteiger partial charge in [-0.3, -0.25) is 4.79 Å². The molecule has 3 aromatic heterocycles. The smallest absolute Gasteiger partial charge is 0.322 e. The van der Waals surface area contributed by atoms with Crippen molar-refractivity contribution < 1.29 is 13.9 Å². The van der Waals surface area contributed by atoms with Gasteiger partial charge in [-0.05, 0) is 48.4 Å². The Labute approximate surface area is 217 Å². The summed E-state index contributed by atoms with van der Waals surface area (Å²) < 4.78 is 23.7. The lowest BCUT2D eigenvalue weighted by Crippen LogP contribution is -2.07. The minimum absolute atomic E-state index is 0.0317. The largest absolute Gasteiger partial charge is 0.421 e. The van der Waals surface area contributed by atoms with Crippen molar-refractivity contribution >= 4 is 28.4 Å². The summed E-state index contributed by atoms with van der Waals surface area (Å²) in [6.07, 6.45) is 4.27. The fourth-order valence-electron chi connectivity index (χ4n) is 4.72. The fourth-order valence-corrected chi connectivity index (χ4v) is 4.72. The Kier molecular flexibility index (Phi) is 5.56. The number of carbonyl (C=O) groups is 1. The predicted octanol–water partition coefficient (Wildman–Crippen LogP) is 5.38. The number of aryl methyl sites for hydroxylation is 2. The lowest BCUT2D eigenvalue weighted by molar-refractivity contribution is -0.111. The van der Waals surface area contributed by atoms with Gasteiger partial charge in [0.15, 0.2) is 11.6 Å². The summed E-state index contributed by atoms with van der Waals surface area (Å²) >= 11 is 0. The van der Waals surface area contributed by atoms with Gasteiger partial charge in [-0.2, -0.15) is 0 Å². The van der Waals surface area contributed by atoms with E-state index in [0.29, 0.717) is 34.0 Å². The summed E-state index contributed by atoms with van der Waals surface area (Å²) in [6, 6.07) is 12.7. The SMILES string of the molecule is C=CC(=O)Nc1ccc(-c2c3c4c(ncnc4n2C)NCc2c-3ccc(Oc3nccc(C)n3)c2F)cc1. The van der Waals surface area contributed by atoms with Crippen LogP contribution in [0.15, 0.2) is 67.6 Å². The van der Waals surface area contributed by atoms with Crippen molar-refractivity contribution in [3.63, 3.8) is 0 Å². The summed E-state index contributed by atoms with van der Waals surface area (Å²) in [6.45, 7) is 5.49. The zero-order valence-corrected chi connectivity index (χ0v) is 20.6. The van der Waals surface area contributed by atoms with Gasteiger partial charge in [-0.15, -0.1) is 0 Å². The van der Waals surface area contributed by atoms with E-state index < -0.39 is 5.82 Å². The summed E-state index contributed by atoms with van der Waals surface area (Å²) in [4.78, 5) is 29.0. The third kappa shape index (κ3) is 3.83. The molecule has 0 atom stereocenters. The molecule has 10 heteroatoms.